The van der Waals surface area contributed by atoms with Gasteiger partial charge in [-0.05, 0) is 13.0 Å². The minimum Gasteiger partial charge on any atom is -0.383 e. The third-order valence-electron chi connectivity index (χ3n) is 3.25. The highest BCUT2D eigenvalue weighted by atomic mass is 16.6. The summed E-state index contributed by atoms with van der Waals surface area (Å²) in [4.78, 5) is 34.9. The fraction of sp³-hybridized carbons (Fsp3) is 0.385. The maximum Gasteiger partial charge on any atom is 0.331 e. The Morgan fingerprint density at radius 2 is 2.00 bits per heavy atom. The molecule has 1 heterocycles. The largest absolute Gasteiger partial charge is 0.383 e. The first-order valence-corrected chi connectivity index (χ1v) is 6.42. The molecule has 0 N–H and O–H groups in total. The van der Waals surface area contributed by atoms with Crippen LogP contribution in [0.3, 0.4) is 0 Å². The summed E-state index contributed by atoms with van der Waals surface area (Å²) in [5.41, 5.74) is -0.771. The molecule has 0 radical (unpaired) electrons. The van der Waals surface area contributed by atoms with Crippen LogP contribution in [0.1, 0.15) is 6.92 Å². The van der Waals surface area contributed by atoms with Crippen molar-refractivity contribution in [3.63, 3.8) is 0 Å². The van der Waals surface area contributed by atoms with Gasteiger partial charge in [-0.25, -0.2) is 4.79 Å². The van der Waals surface area contributed by atoms with Crippen LogP contribution in [0.2, 0.25) is 0 Å². The average Bonchev–Trinajstić information content (AvgIpc) is 2.47. The molecule has 0 aliphatic rings. The standard InChI is InChI=1S/C13H15N3O5/c1-3-14-11-5-4-9(16(19)20)8-10(11)12(17)15(13(14)18)6-7-21-2/h4-5,8H,3,6-7H2,1-2H3. The van der Waals surface area contributed by atoms with E-state index in [2.05, 4.69) is 0 Å². The SMILES string of the molecule is CCn1c(=O)n(CCOC)c(=O)c2cc([N+](=O)[O-])ccc21. The van der Waals surface area contributed by atoms with E-state index >= 15 is 0 Å². The van der Waals surface area contributed by atoms with E-state index in [1.807, 2.05) is 0 Å². The van der Waals surface area contributed by atoms with Gasteiger partial charge in [0.2, 0.25) is 0 Å². The molecule has 0 amide bonds. The van der Waals surface area contributed by atoms with Gasteiger partial charge in [0.1, 0.15) is 0 Å². The average molecular weight is 293 g/mol. The lowest BCUT2D eigenvalue weighted by Crippen LogP contribution is -2.40. The Balaban J connectivity index is 2.84. The number of nitro benzene ring substituents is 1. The minimum absolute atomic E-state index is 0.104. The van der Waals surface area contributed by atoms with Crippen molar-refractivity contribution in [3.05, 3.63) is 49.2 Å². The van der Waals surface area contributed by atoms with Crippen LogP contribution < -0.4 is 11.2 Å². The van der Waals surface area contributed by atoms with Crippen LogP contribution in [0.5, 0.6) is 0 Å². The monoisotopic (exact) mass is 293 g/mol. The molecule has 8 heteroatoms. The van der Waals surface area contributed by atoms with Crippen molar-refractivity contribution in [1.82, 2.24) is 9.13 Å². The van der Waals surface area contributed by atoms with Crippen molar-refractivity contribution in [2.24, 2.45) is 0 Å². The summed E-state index contributed by atoms with van der Waals surface area (Å²) in [6.45, 7) is 2.44. The van der Waals surface area contributed by atoms with E-state index in [-0.39, 0.29) is 24.2 Å². The number of hydrogen-bond donors (Lipinski definition) is 0. The highest BCUT2D eigenvalue weighted by Crippen LogP contribution is 2.17. The van der Waals surface area contributed by atoms with Crippen LogP contribution in [0.25, 0.3) is 10.9 Å². The first kappa shape index (κ1) is 14.9. The quantitative estimate of drug-likeness (QED) is 0.598. The van der Waals surface area contributed by atoms with E-state index in [1.165, 1.54) is 29.9 Å². The lowest BCUT2D eigenvalue weighted by atomic mass is 10.2. The normalized spacial score (nSPS) is 11.0. The van der Waals surface area contributed by atoms with Gasteiger partial charge in [0.15, 0.2) is 0 Å². The van der Waals surface area contributed by atoms with E-state index in [4.69, 9.17) is 4.74 Å². The fourth-order valence-corrected chi connectivity index (χ4v) is 2.21. The van der Waals surface area contributed by atoms with Crippen LogP contribution in [0.15, 0.2) is 27.8 Å². The van der Waals surface area contributed by atoms with E-state index in [9.17, 15) is 19.7 Å². The Bertz CT molecular complexity index is 806. The second-order valence-corrected chi connectivity index (χ2v) is 4.43. The van der Waals surface area contributed by atoms with Gasteiger partial charge in [0.25, 0.3) is 11.2 Å². The zero-order chi connectivity index (χ0) is 15.6. The molecule has 0 spiro atoms. The predicted molar refractivity (Wildman–Crippen MR) is 76.7 cm³/mol. The van der Waals surface area contributed by atoms with Crippen LogP contribution in [-0.4, -0.2) is 27.8 Å². The highest BCUT2D eigenvalue weighted by Gasteiger charge is 2.15. The Morgan fingerprint density at radius 1 is 1.29 bits per heavy atom. The van der Waals surface area contributed by atoms with Gasteiger partial charge in [-0.2, -0.15) is 0 Å². The predicted octanol–water partition coefficient (Wildman–Crippen LogP) is 0.738. The van der Waals surface area contributed by atoms with Crippen LogP contribution >= 0.6 is 0 Å². The summed E-state index contributed by atoms with van der Waals surface area (Å²) < 4.78 is 7.34. The van der Waals surface area contributed by atoms with Crippen molar-refractivity contribution in [1.29, 1.82) is 0 Å². The molecule has 2 rings (SSSR count). The number of rotatable bonds is 5. The van der Waals surface area contributed by atoms with Crippen molar-refractivity contribution < 1.29 is 9.66 Å². The van der Waals surface area contributed by atoms with Gasteiger partial charge in [-0.3, -0.25) is 24.0 Å². The van der Waals surface area contributed by atoms with Crippen molar-refractivity contribution in [2.45, 2.75) is 20.0 Å². The molecule has 8 nitrogen and oxygen atoms in total. The molecular weight excluding hydrogens is 278 g/mol. The number of fused-ring (bicyclic) bond motifs is 1. The number of nitrogens with zero attached hydrogens (tertiary/aromatic N) is 3. The van der Waals surface area contributed by atoms with Gasteiger partial charge in [0, 0.05) is 25.8 Å². The second-order valence-electron chi connectivity index (χ2n) is 4.43. The van der Waals surface area contributed by atoms with Crippen LogP contribution in [-0.2, 0) is 17.8 Å². The lowest BCUT2D eigenvalue weighted by molar-refractivity contribution is -0.384. The van der Waals surface area contributed by atoms with Crippen molar-refractivity contribution >= 4 is 16.6 Å². The number of aromatic nitrogens is 2. The summed E-state index contributed by atoms with van der Waals surface area (Å²) in [5.74, 6) is 0. The van der Waals surface area contributed by atoms with Gasteiger partial charge in [-0.15, -0.1) is 0 Å². The van der Waals surface area contributed by atoms with E-state index in [0.717, 1.165) is 4.57 Å². The molecule has 0 fully saturated rings. The Labute approximate surface area is 119 Å². The zero-order valence-corrected chi connectivity index (χ0v) is 11.7. The molecule has 112 valence electrons. The number of methoxy groups -OCH3 is 1. The molecule has 2 aromatic rings. The van der Waals surface area contributed by atoms with Crippen molar-refractivity contribution in [3.8, 4) is 0 Å². The van der Waals surface area contributed by atoms with E-state index < -0.39 is 16.2 Å². The summed E-state index contributed by atoms with van der Waals surface area (Å²) >= 11 is 0. The molecule has 0 unspecified atom stereocenters. The third-order valence-corrected chi connectivity index (χ3v) is 3.25. The number of aryl methyl sites for hydroxylation is 1. The number of benzene rings is 1. The Morgan fingerprint density at radius 3 is 2.57 bits per heavy atom. The Hall–Kier alpha value is -2.48. The number of ether oxygens (including phenoxy) is 1. The fourth-order valence-electron chi connectivity index (χ4n) is 2.21. The topological polar surface area (TPSA) is 96.4 Å². The van der Waals surface area contributed by atoms with Gasteiger partial charge < -0.3 is 4.74 Å². The highest BCUT2D eigenvalue weighted by molar-refractivity contribution is 5.80. The molecule has 0 aliphatic carbocycles. The molecule has 1 aromatic heterocycles. The first-order chi connectivity index (χ1) is 10.0. The molecule has 1 aromatic carbocycles. The lowest BCUT2D eigenvalue weighted by Gasteiger charge is -2.12. The summed E-state index contributed by atoms with van der Waals surface area (Å²) in [6.07, 6.45) is 0. The molecule has 21 heavy (non-hydrogen) atoms. The first-order valence-electron chi connectivity index (χ1n) is 6.42. The third kappa shape index (κ3) is 2.57. The second kappa shape index (κ2) is 5.88. The molecule has 0 saturated heterocycles. The van der Waals surface area contributed by atoms with Gasteiger partial charge in [-0.1, -0.05) is 0 Å². The molecule has 0 atom stereocenters. The summed E-state index contributed by atoms with van der Waals surface area (Å²) in [7, 11) is 1.47. The van der Waals surface area contributed by atoms with Crippen LogP contribution in [0, 0.1) is 10.1 Å². The number of nitro groups is 1. The van der Waals surface area contributed by atoms with E-state index in [0.29, 0.717) is 12.1 Å². The molecule has 0 bridgehead atoms. The van der Waals surface area contributed by atoms with Gasteiger partial charge in [0.05, 0.1) is 29.0 Å². The van der Waals surface area contributed by atoms with Crippen molar-refractivity contribution in [2.75, 3.05) is 13.7 Å². The number of hydrogen-bond acceptors (Lipinski definition) is 5. The zero-order valence-electron chi connectivity index (χ0n) is 11.7. The number of non-ortho nitro benzene ring substituents is 1. The van der Waals surface area contributed by atoms with E-state index in [1.54, 1.807) is 6.92 Å². The maximum atomic E-state index is 12.4. The Kier molecular flexibility index (Phi) is 4.18. The maximum absolute atomic E-state index is 12.4. The molecule has 0 saturated carbocycles. The minimum atomic E-state index is -0.570. The summed E-state index contributed by atoms with van der Waals surface area (Å²) in [5, 5.41) is 11.0. The summed E-state index contributed by atoms with van der Waals surface area (Å²) in [6, 6.07) is 3.92. The molecular formula is C13H15N3O5. The van der Waals surface area contributed by atoms with Gasteiger partial charge >= 0.3 is 5.69 Å². The smallest absolute Gasteiger partial charge is 0.331 e. The van der Waals surface area contributed by atoms with Crippen LogP contribution in [0.4, 0.5) is 5.69 Å². The molecule has 0 aliphatic heterocycles.